The maximum Gasteiger partial charge on any atom is 0.281 e. The first kappa shape index (κ1) is 14.0. The van der Waals surface area contributed by atoms with Gasteiger partial charge in [0.05, 0.1) is 5.69 Å². The Bertz CT molecular complexity index is 761. The molecule has 0 unspecified atom stereocenters. The summed E-state index contributed by atoms with van der Waals surface area (Å²) in [7, 11) is 0. The molecule has 1 aliphatic rings. The van der Waals surface area contributed by atoms with Gasteiger partial charge in [0.2, 0.25) is 0 Å². The summed E-state index contributed by atoms with van der Waals surface area (Å²) in [6, 6.07) is 9.76. The van der Waals surface area contributed by atoms with E-state index in [4.69, 9.17) is 12.2 Å². The summed E-state index contributed by atoms with van der Waals surface area (Å²) in [5.41, 5.74) is 3.52. The summed E-state index contributed by atoms with van der Waals surface area (Å²) in [4.78, 5) is 15.2. The number of anilines is 1. The third-order valence-corrected chi connectivity index (χ3v) is 4.66. The van der Waals surface area contributed by atoms with Crippen LogP contribution < -0.4 is 10.2 Å². The molecule has 1 N–H and O–H groups in total. The number of carbonyl (C=O) groups excluding carboxylic acids is 1. The van der Waals surface area contributed by atoms with Crippen LogP contribution in [0.25, 0.3) is 6.08 Å². The molecule has 1 aliphatic heterocycles. The molecule has 0 radical (unpaired) electrons. The zero-order valence-corrected chi connectivity index (χ0v) is 13.3. The largest absolute Gasteiger partial charge is 0.327 e. The Labute approximate surface area is 132 Å². The van der Waals surface area contributed by atoms with E-state index < -0.39 is 0 Å². The molecule has 1 fully saturated rings. The molecule has 3 rings (SSSR count). The van der Waals surface area contributed by atoms with E-state index in [1.54, 1.807) is 16.2 Å². The fraction of sp³-hybridized carbons (Fsp3) is 0.125. The van der Waals surface area contributed by atoms with Crippen LogP contribution in [0.3, 0.4) is 0 Å². The van der Waals surface area contributed by atoms with Crippen molar-refractivity contribution in [3.8, 4) is 0 Å². The molecule has 0 aliphatic carbocycles. The van der Waals surface area contributed by atoms with Gasteiger partial charge in [-0.05, 0) is 60.8 Å². The molecule has 1 aromatic carbocycles. The first-order valence-corrected chi connectivity index (χ1v) is 7.83. The summed E-state index contributed by atoms with van der Waals surface area (Å²) >= 11 is 6.93. The molecule has 21 heavy (non-hydrogen) atoms. The van der Waals surface area contributed by atoms with Crippen molar-refractivity contribution in [2.75, 3.05) is 4.90 Å². The number of benzene rings is 1. The summed E-state index contributed by atoms with van der Waals surface area (Å²) in [6.07, 6.45) is 1.87. The van der Waals surface area contributed by atoms with E-state index in [0.717, 1.165) is 21.7 Å². The average Bonchev–Trinajstić information content (AvgIpc) is 2.97. The zero-order chi connectivity index (χ0) is 15.0. The minimum Gasteiger partial charge on any atom is -0.327 e. The topological polar surface area (TPSA) is 32.3 Å². The van der Waals surface area contributed by atoms with Crippen LogP contribution in [-0.2, 0) is 4.79 Å². The fourth-order valence-corrected chi connectivity index (χ4v) is 3.38. The highest BCUT2D eigenvalue weighted by Crippen LogP contribution is 2.27. The van der Waals surface area contributed by atoms with Crippen molar-refractivity contribution in [1.82, 2.24) is 5.32 Å². The second kappa shape index (κ2) is 5.42. The number of hydrogen-bond donors (Lipinski definition) is 1. The number of thiophene rings is 1. The average molecular weight is 314 g/mol. The standard InChI is InChI=1S/C16H14N2OS2/c1-10-5-3-4-6-13(10)18-15(19)12(17-16(18)20)9-14-11(2)7-8-21-14/h3-9H,1-2H3,(H,17,20)/b12-9-. The van der Waals surface area contributed by atoms with Crippen molar-refractivity contribution >= 4 is 46.3 Å². The SMILES string of the molecule is Cc1ccccc1N1C(=O)/C(=C/c2sccc2C)NC1=S. The van der Waals surface area contributed by atoms with Crippen LogP contribution in [0.4, 0.5) is 5.69 Å². The number of hydrogen-bond acceptors (Lipinski definition) is 3. The molecule has 0 atom stereocenters. The maximum absolute atomic E-state index is 12.6. The number of nitrogens with one attached hydrogen (secondary N) is 1. The van der Waals surface area contributed by atoms with E-state index >= 15 is 0 Å². The smallest absolute Gasteiger partial charge is 0.281 e. The third kappa shape index (κ3) is 2.50. The van der Waals surface area contributed by atoms with Crippen LogP contribution in [0, 0.1) is 13.8 Å². The summed E-state index contributed by atoms with van der Waals surface area (Å²) in [6.45, 7) is 4.00. The Morgan fingerprint density at radius 2 is 1.95 bits per heavy atom. The van der Waals surface area contributed by atoms with Gasteiger partial charge in [-0.1, -0.05) is 18.2 Å². The van der Waals surface area contributed by atoms with Gasteiger partial charge in [-0.25, -0.2) is 0 Å². The molecular weight excluding hydrogens is 300 g/mol. The quantitative estimate of drug-likeness (QED) is 0.678. The molecular formula is C16H14N2OS2. The number of thiocarbonyl (C=S) groups is 1. The second-order valence-corrected chi connectivity index (χ2v) is 6.22. The van der Waals surface area contributed by atoms with Crippen LogP contribution in [0.5, 0.6) is 0 Å². The number of para-hydroxylation sites is 1. The lowest BCUT2D eigenvalue weighted by atomic mass is 10.2. The molecule has 5 heteroatoms. The number of amides is 1. The number of nitrogens with zero attached hydrogens (tertiary/aromatic N) is 1. The van der Waals surface area contributed by atoms with E-state index in [-0.39, 0.29) is 5.91 Å². The minimum absolute atomic E-state index is 0.109. The van der Waals surface area contributed by atoms with Gasteiger partial charge in [0.15, 0.2) is 5.11 Å². The molecule has 0 saturated carbocycles. The summed E-state index contributed by atoms with van der Waals surface area (Å²) < 4.78 is 0. The highest BCUT2D eigenvalue weighted by atomic mass is 32.1. The van der Waals surface area contributed by atoms with Crippen molar-refractivity contribution in [3.63, 3.8) is 0 Å². The van der Waals surface area contributed by atoms with E-state index in [1.807, 2.05) is 55.6 Å². The summed E-state index contributed by atoms with van der Waals surface area (Å²) in [5, 5.41) is 5.46. The Kier molecular flexibility index (Phi) is 3.61. The van der Waals surface area contributed by atoms with Crippen molar-refractivity contribution in [2.24, 2.45) is 0 Å². The van der Waals surface area contributed by atoms with Gasteiger partial charge in [-0.3, -0.25) is 9.69 Å². The van der Waals surface area contributed by atoms with Gasteiger partial charge in [-0.2, -0.15) is 0 Å². The van der Waals surface area contributed by atoms with E-state index in [1.165, 1.54) is 0 Å². The molecule has 1 saturated heterocycles. The van der Waals surface area contributed by atoms with Gasteiger partial charge >= 0.3 is 0 Å². The van der Waals surface area contributed by atoms with E-state index in [0.29, 0.717) is 10.8 Å². The lowest BCUT2D eigenvalue weighted by Gasteiger charge is -2.16. The molecule has 0 bridgehead atoms. The lowest BCUT2D eigenvalue weighted by Crippen LogP contribution is -2.30. The van der Waals surface area contributed by atoms with Gasteiger partial charge in [0, 0.05) is 4.88 Å². The summed E-state index contributed by atoms with van der Waals surface area (Å²) in [5.74, 6) is -0.109. The Hall–Kier alpha value is -1.98. The second-order valence-electron chi connectivity index (χ2n) is 4.88. The highest BCUT2D eigenvalue weighted by Gasteiger charge is 2.32. The third-order valence-electron chi connectivity index (χ3n) is 3.41. The zero-order valence-electron chi connectivity index (χ0n) is 11.7. The fourth-order valence-electron chi connectivity index (χ4n) is 2.23. The maximum atomic E-state index is 12.6. The molecule has 2 heterocycles. The Balaban J connectivity index is 1.99. The Morgan fingerprint density at radius 1 is 1.19 bits per heavy atom. The van der Waals surface area contributed by atoms with Crippen molar-refractivity contribution in [1.29, 1.82) is 0 Å². The molecule has 3 nitrogen and oxygen atoms in total. The van der Waals surface area contributed by atoms with Crippen molar-refractivity contribution in [2.45, 2.75) is 13.8 Å². The van der Waals surface area contributed by atoms with Gasteiger partial charge < -0.3 is 5.32 Å². The van der Waals surface area contributed by atoms with Crippen LogP contribution in [0.1, 0.15) is 16.0 Å². The van der Waals surface area contributed by atoms with E-state index in [2.05, 4.69) is 5.32 Å². The van der Waals surface area contributed by atoms with Crippen molar-refractivity contribution in [3.05, 3.63) is 57.4 Å². The minimum atomic E-state index is -0.109. The molecule has 2 aromatic rings. The monoisotopic (exact) mass is 314 g/mol. The predicted octanol–water partition coefficient (Wildman–Crippen LogP) is 3.63. The molecule has 106 valence electrons. The van der Waals surface area contributed by atoms with Crippen LogP contribution in [-0.4, -0.2) is 11.0 Å². The van der Waals surface area contributed by atoms with Crippen LogP contribution >= 0.6 is 23.6 Å². The van der Waals surface area contributed by atoms with Crippen LogP contribution in [0.15, 0.2) is 41.4 Å². The van der Waals surface area contributed by atoms with Crippen LogP contribution in [0.2, 0.25) is 0 Å². The first-order chi connectivity index (χ1) is 10.1. The number of aryl methyl sites for hydroxylation is 2. The van der Waals surface area contributed by atoms with Gasteiger partial charge in [-0.15, -0.1) is 11.3 Å². The van der Waals surface area contributed by atoms with Gasteiger partial charge in [0.1, 0.15) is 5.70 Å². The predicted molar refractivity (Wildman–Crippen MR) is 91.4 cm³/mol. The van der Waals surface area contributed by atoms with Gasteiger partial charge in [0.25, 0.3) is 5.91 Å². The molecule has 0 spiro atoms. The number of carbonyl (C=O) groups is 1. The first-order valence-electron chi connectivity index (χ1n) is 6.55. The normalized spacial score (nSPS) is 16.7. The molecule has 1 amide bonds. The molecule has 1 aromatic heterocycles. The van der Waals surface area contributed by atoms with Crippen molar-refractivity contribution < 1.29 is 4.79 Å². The number of rotatable bonds is 2. The van der Waals surface area contributed by atoms with E-state index in [9.17, 15) is 4.79 Å². The lowest BCUT2D eigenvalue weighted by molar-refractivity contribution is -0.113. The Morgan fingerprint density at radius 3 is 2.62 bits per heavy atom. The highest BCUT2D eigenvalue weighted by molar-refractivity contribution is 7.80.